The lowest BCUT2D eigenvalue weighted by Crippen LogP contribution is -2.51. The van der Waals surface area contributed by atoms with Crippen molar-refractivity contribution in [3.63, 3.8) is 0 Å². The molecule has 2 atom stereocenters. The van der Waals surface area contributed by atoms with Gasteiger partial charge in [0.2, 0.25) is 5.91 Å². The van der Waals surface area contributed by atoms with E-state index in [2.05, 4.69) is 4.52 Å². The lowest BCUT2D eigenvalue weighted by Gasteiger charge is -2.36. The van der Waals surface area contributed by atoms with E-state index in [4.69, 9.17) is 9.79 Å². The second-order valence-electron chi connectivity index (χ2n) is 2.97. The topological polar surface area (TPSA) is 87.1 Å². The summed E-state index contributed by atoms with van der Waals surface area (Å²) in [5.74, 6) is -0.0435. The summed E-state index contributed by atoms with van der Waals surface area (Å²) < 4.78 is 14.9. The summed E-state index contributed by atoms with van der Waals surface area (Å²) in [6, 6.07) is -0.222. The highest BCUT2D eigenvalue weighted by Gasteiger charge is 2.45. The third-order valence-electron chi connectivity index (χ3n) is 2.10. The Bertz CT molecular complexity index is 321. The van der Waals surface area contributed by atoms with Crippen LogP contribution in [0, 0.1) is 0 Å². The highest BCUT2D eigenvalue weighted by atomic mass is 31.2. The van der Waals surface area contributed by atoms with Gasteiger partial charge < -0.3 is 14.7 Å². The van der Waals surface area contributed by atoms with E-state index in [0.29, 0.717) is 0 Å². The van der Waals surface area contributed by atoms with E-state index in [0.717, 1.165) is 0 Å². The van der Waals surface area contributed by atoms with Crippen LogP contribution in [-0.4, -0.2) is 32.7 Å². The van der Waals surface area contributed by atoms with Crippen LogP contribution >= 0.6 is 7.82 Å². The zero-order chi connectivity index (χ0) is 9.64. The van der Waals surface area contributed by atoms with Gasteiger partial charge in [0.1, 0.15) is 6.10 Å². The van der Waals surface area contributed by atoms with E-state index < -0.39 is 13.9 Å². The van der Waals surface area contributed by atoms with Crippen LogP contribution in [0.25, 0.3) is 0 Å². The van der Waals surface area contributed by atoms with Crippen molar-refractivity contribution < 1.29 is 23.7 Å². The Labute approximate surface area is 74.0 Å². The van der Waals surface area contributed by atoms with Gasteiger partial charge in [0.25, 0.3) is 0 Å². The second kappa shape index (κ2) is 2.65. The molecule has 2 aliphatic rings. The molecule has 2 unspecified atom stereocenters. The molecule has 2 heterocycles. The van der Waals surface area contributed by atoms with E-state index in [1.165, 1.54) is 17.2 Å². The molecule has 0 aromatic heterocycles. The number of carbonyl (C=O) groups excluding carboxylic acids is 1. The minimum atomic E-state index is -4.45. The smallest absolute Gasteiger partial charge is 0.313 e. The fraction of sp³-hybridized carbons (Fsp3) is 0.500. The van der Waals surface area contributed by atoms with Crippen molar-refractivity contribution in [3.05, 3.63) is 12.3 Å². The maximum atomic E-state index is 10.8. The van der Waals surface area contributed by atoms with Gasteiger partial charge in [-0.2, -0.15) is 0 Å². The molecule has 1 saturated heterocycles. The highest BCUT2D eigenvalue weighted by Crippen LogP contribution is 2.42. The van der Waals surface area contributed by atoms with Gasteiger partial charge in [-0.15, -0.1) is 0 Å². The molecule has 6 nitrogen and oxygen atoms in total. The number of phosphoric ester groups is 1. The number of β-lactam (4-membered cyclic amide) rings is 1. The molecule has 2 rings (SSSR count). The molecule has 72 valence electrons. The molecule has 0 radical (unpaired) electrons. The Kier molecular flexibility index (Phi) is 1.82. The van der Waals surface area contributed by atoms with Crippen LogP contribution in [0.5, 0.6) is 0 Å². The van der Waals surface area contributed by atoms with Gasteiger partial charge in [-0.25, -0.2) is 4.57 Å². The molecule has 2 aliphatic heterocycles. The molecule has 7 heteroatoms. The van der Waals surface area contributed by atoms with E-state index in [1.807, 2.05) is 0 Å². The van der Waals surface area contributed by atoms with Crippen molar-refractivity contribution >= 4 is 13.7 Å². The fourth-order valence-electron chi connectivity index (χ4n) is 1.49. The Hall–Kier alpha value is -0.680. The SMILES string of the molecule is O=C1CC2C(OP(=O)(O)O)C=CN12. The Morgan fingerprint density at radius 1 is 1.62 bits per heavy atom. The molecule has 0 spiro atoms. The van der Waals surface area contributed by atoms with Crippen molar-refractivity contribution in [2.24, 2.45) is 0 Å². The van der Waals surface area contributed by atoms with E-state index >= 15 is 0 Å². The van der Waals surface area contributed by atoms with Crippen LogP contribution in [0.2, 0.25) is 0 Å². The van der Waals surface area contributed by atoms with Gasteiger partial charge in [0.15, 0.2) is 0 Å². The molecule has 0 aromatic rings. The van der Waals surface area contributed by atoms with E-state index in [9.17, 15) is 9.36 Å². The summed E-state index contributed by atoms with van der Waals surface area (Å²) in [6.07, 6.45) is 2.60. The monoisotopic (exact) mass is 205 g/mol. The standard InChI is InChI=1S/C6H8NO5P/c8-6-3-4-5(1-2-7(4)6)12-13(9,10)11/h1-2,4-5H,3H2,(H2,9,10,11). The predicted molar refractivity (Wildman–Crippen MR) is 41.3 cm³/mol. The van der Waals surface area contributed by atoms with Crippen LogP contribution in [0.4, 0.5) is 0 Å². The summed E-state index contributed by atoms with van der Waals surface area (Å²) >= 11 is 0. The third kappa shape index (κ3) is 1.53. The number of hydrogen-bond donors (Lipinski definition) is 2. The van der Waals surface area contributed by atoms with E-state index in [1.54, 1.807) is 0 Å². The first kappa shape index (κ1) is 8.90. The Balaban J connectivity index is 2.02. The largest absolute Gasteiger partial charge is 0.470 e. The second-order valence-corrected chi connectivity index (χ2v) is 4.17. The maximum Gasteiger partial charge on any atom is 0.470 e. The quantitative estimate of drug-likeness (QED) is 0.472. The summed E-state index contributed by atoms with van der Waals surface area (Å²) in [5, 5.41) is 0. The minimum absolute atomic E-state index is 0.0435. The lowest BCUT2D eigenvalue weighted by atomic mass is 10.0. The van der Waals surface area contributed by atoms with Crippen molar-refractivity contribution in [2.45, 2.75) is 18.6 Å². The number of carbonyl (C=O) groups is 1. The number of hydrogen-bond acceptors (Lipinski definition) is 3. The summed E-state index contributed by atoms with van der Waals surface area (Å²) in [4.78, 5) is 29.3. The molecule has 1 fully saturated rings. The van der Waals surface area contributed by atoms with E-state index in [-0.39, 0.29) is 18.4 Å². The van der Waals surface area contributed by atoms with Crippen molar-refractivity contribution in [2.75, 3.05) is 0 Å². The van der Waals surface area contributed by atoms with Crippen LogP contribution in [0.15, 0.2) is 12.3 Å². The summed E-state index contributed by atoms with van der Waals surface area (Å²) in [7, 11) is -4.45. The Morgan fingerprint density at radius 3 is 2.77 bits per heavy atom. The summed E-state index contributed by atoms with van der Waals surface area (Å²) in [6.45, 7) is 0. The van der Waals surface area contributed by atoms with Crippen LogP contribution in [0.1, 0.15) is 6.42 Å². The first-order valence-corrected chi connectivity index (χ1v) is 5.24. The first-order chi connectivity index (χ1) is 5.97. The molecule has 13 heavy (non-hydrogen) atoms. The molecule has 0 aliphatic carbocycles. The van der Waals surface area contributed by atoms with Crippen molar-refractivity contribution in [3.8, 4) is 0 Å². The predicted octanol–water partition coefficient (Wildman–Crippen LogP) is -0.408. The number of fused-ring (bicyclic) bond motifs is 1. The average Bonchev–Trinajstić information content (AvgIpc) is 2.24. The lowest BCUT2D eigenvalue weighted by molar-refractivity contribution is -0.143. The number of nitrogens with zero attached hydrogens (tertiary/aromatic N) is 1. The van der Waals surface area contributed by atoms with Gasteiger partial charge in [0, 0.05) is 6.20 Å². The number of rotatable bonds is 2. The molecule has 0 saturated carbocycles. The summed E-state index contributed by atoms with van der Waals surface area (Å²) in [5.41, 5.74) is 0. The minimum Gasteiger partial charge on any atom is -0.313 e. The number of phosphoric acid groups is 1. The van der Waals surface area contributed by atoms with Gasteiger partial charge in [-0.3, -0.25) is 9.32 Å². The molecule has 0 aromatic carbocycles. The molecule has 0 bridgehead atoms. The molecule has 1 amide bonds. The van der Waals surface area contributed by atoms with Gasteiger partial charge in [-0.1, -0.05) is 0 Å². The highest BCUT2D eigenvalue weighted by molar-refractivity contribution is 7.46. The zero-order valence-corrected chi connectivity index (χ0v) is 7.42. The number of amides is 1. The molecular weight excluding hydrogens is 197 g/mol. The van der Waals surface area contributed by atoms with Gasteiger partial charge in [-0.05, 0) is 6.08 Å². The fourth-order valence-corrected chi connectivity index (χ4v) is 2.02. The average molecular weight is 205 g/mol. The van der Waals surface area contributed by atoms with Gasteiger partial charge >= 0.3 is 7.82 Å². The van der Waals surface area contributed by atoms with Crippen molar-refractivity contribution in [1.29, 1.82) is 0 Å². The first-order valence-electron chi connectivity index (χ1n) is 3.71. The zero-order valence-electron chi connectivity index (χ0n) is 6.53. The molecule has 2 N–H and O–H groups in total. The van der Waals surface area contributed by atoms with Crippen LogP contribution < -0.4 is 0 Å². The normalized spacial score (nSPS) is 31.8. The van der Waals surface area contributed by atoms with Gasteiger partial charge in [0.05, 0.1) is 12.5 Å². The van der Waals surface area contributed by atoms with Crippen LogP contribution in [-0.2, 0) is 13.9 Å². The third-order valence-corrected chi connectivity index (χ3v) is 2.62. The maximum absolute atomic E-state index is 10.8. The molecular formula is C6H8NO5P. The van der Waals surface area contributed by atoms with Crippen molar-refractivity contribution in [1.82, 2.24) is 4.90 Å². The Morgan fingerprint density at radius 2 is 2.31 bits per heavy atom. The van der Waals surface area contributed by atoms with Crippen LogP contribution in [0.3, 0.4) is 0 Å².